The minimum absolute atomic E-state index is 0.458. The second-order valence-corrected chi connectivity index (χ2v) is 3.20. The summed E-state index contributed by atoms with van der Waals surface area (Å²) in [5, 5.41) is 3.14. The largest absolute Gasteiger partial charge is 0.264 e. The summed E-state index contributed by atoms with van der Waals surface area (Å²) in [6.45, 7) is 0. The van der Waals surface area contributed by atoms with E-state index >= 15 is 0 Å². The standard InChI is InChI=1S/C12H10N2O/c15-14-12(10-5-2-1-3-6-10)11-7-4-8-13-9-11/h1-9,12H. The highest BCUT2D eigenvalue weighted by Gasteiger charge is 2.13. The van der Waals surface area contributed by atoms with Crippen molar-refractivity contribution in [1.82, 2.24) is 4.98 Å². The van der Waals surface area contributed by atoms with Gasteiger partial charge in [0.25, 0.3) is 0 Å². The van der Waals surface area contributed by atoms with Gasteiger partial charge in [-0.3, -0.25) is 4.98 Å². The van der Waals surface area contributed by atoms with Crippen LogP contribution in [0.1, 0.15) is 17.2 Å². The van der Waals surface area contributed by atoms with Gasteiger partial charge in [-0.1, -0.05) is 41.6 Å². The Hall–Kier alpha value is -2.03. The second kappa shape index (κ2) is 4.46. The Morgan fingerprint density at radius 3 is 2.33 bits per heavy atom. The van der Waals surface area contributed by atoms with Gasteiger partial charge < -0.3 is 0 Å². The lowest BCUT2D eigenvalue weighted by Gasteiger charge is -2.08. The molecule has 1 heterocycles. The smallest absolute Gasteiger partial charge is 0.143 e. The number of rotatable bonds is 3. The molecule has 2 aromatic rings. The summed E-state index contributed by atoms with van der Waals surface area (Å²) < 4.78 is 0. The summed E-state index contributed by atoms with van der Waals surface area (Å²) in [7, 11) is 0. The van der Waals surface area contributed by atoms with Crippen molar-refractivity contribution in [2.45, 2.75) is 6.04 Å². The average molecular weight is 198 g/mol. The second-order valence-electron chi connectivity index (χ2n) is 3.20. The van der Waals surface area contributed by atoms with Crippen molar-refractivity contribution in [3.8, 4) is 0 Å². The van der Waals surface area contributed by atoms with Gasteiger partial charge in [0.15, 0.2) is 0 Å². The third kappa shape index (κ3) is 2.07. The molecule has 0 amide bonds. The van der Waals surface area contributed by atoms with Gasteiger partial charge in [-0.2, -0.15) is 0 Å². The van der Waals surface area contributed by atoms with Gasteiger partial charge in [0.2, 0.25) is 0 Å². The fraction of sp³-hybridized carbons (Fsp3) is 0.0833. The lowest BCUT2D eigenvalue weighted by atomic mass is 10.0. The summed E-state index contributed by atoms with van der Waals surface area (Å²) >= 11 is 0. The maximum absolute atomic E-state index is 10.8. The van der Waals surface area contributed by atoms with E-state index in [9.17, 15) is 4.91 Å². The van der Waals surface area contributed by atoms with E-state index in [-0.39, 0.29) is 0 Å². The zero-order valence-corrected chi connectivity index (χ0v) is 8.08. The molecule has 1 atom stereocenters. The van der Waals surface area contributed by atoms with Crippen molar-refractivity contribution in [2.75, 3.05) is 0 Å². The van der Waals surface area contributed by atoms with E-state index in [2.05, 4.69) is 10.2 Å². The van der Waals surface area contributed by atoms with Crippen molar-refractivity contribution in [2.24, 2.45) is 5.18 Å². The molecule has 1 aromatic heterocycles. The number of pyridine rings is 1. The molecule has 0 radical (unpaired) electrons. The molecule has 0 fully saturated rings. The molecular formula is C12H10N2O. The van der Waals surface area contributed by atoms with Gasteiger partial charge in [0, 0.05) is 18.0 Å². The van der Waals surface area contributed by atoms with E-state index in [1.807, 2.05) is 36.4 Å². The van der Waals surface area contributed by atoms with Crippen LogP contribution in [0.4, 0.5) is 0 Å². The zero-order valence-electron chi connectivity index (χ0n) is 8.08. The first kappa shape index (κ1) is 9.52. The quantitative estimate of drug-likeness (QED) is 0.711. The Labute approximate surface area is 87.8 Å². The summed E-state index contributed by atoms with van der Waals surface area (Å²) in [5.41, 5.74) is 1.71. The predicted molar refractivity (Wildman–Crippen MR) is 58.3 cm³/mol. The Morgan fingerprint density at radius 1 is 1.00 bits per heavy atom. The van der Waals surface area contributed by atoms with Gasteiger partial charge in [-0.05, 0) is 11.6 Å². The predicted octanol–water partition coefficient (Wildman–Crippen LogP) is 2.94. The minimum atomic E-state index is -0.458. The van der Waals surface area contributed by atoms with Crippen molar-refractivity contribution in [3.05, 3.63) is 70.9 Å². The van der Waals surface area contributed by atoms with Crippen LogP contribution in [0, 0.1) is 4.91 Å². The van der Waals surface area contributed by atoms with Crippen molar-refractivity contribution in [1.29, 1.82) is 0 Å². The maximum atomic E-state index is 10.8. The molecule has 2 rings (SSSR count). The number of nitrogens with zero attached hydrogens (tertiary/aromatic N) is 2. The van der Waals surface area contributed by atoms with Crippen LogP contribution >= 0.6 is 0 Å². The molecule has 0 N–H and O–H groups in total. The molecule has 1 unspecified atom stereocenters. The highest BCUT2D eigenvalue weighted by molar-refractivity contribution is 5.29. The van der Waals surface area contributed by atoms with Gasteiger partial charge in [-0.15, -0.1) is 4.91 Å². The molecule has 3 heteroatoms. The number of nitroso groups, excluding NO2 is 1. The molecule has 15 heavy (non-hydrogen) atoms. The van der Waals surface area contributed by atoms with Crippen molar-refractivity contribution >= 4 is 0 Å². The molecule has 3 nitrogen and oxygen atoms in total. The van der Waals surface area contributed by atoms with E-state index in [0.717, 1.165) is 11.1 Å². The summed E-state index contributed by atoms with van der Waals surface area (Å²) in [6.07, 6.45) is 3.34. The van der Waals surface area contributed by atoms with E-state index in [1.54, 1.807) is 18.5 Å². The van der Waals surface area contributed by atoms with Crippen molar-refractivity contribution < 1.29 is 0 Å². The van der Waals surface area contributed by atoms with Gasteiger partial charge in [0.05, 0.1) is 0 Å². The summed E-state index contributed by atoms with van der Waals surface area (Å²) in [4.78, 5) is 14.8. The molecule has 0 aliphatic rings. The van der Waals surface area contributed by atoms with Crippen LogP contribution in [-0.2, 0) is 0 Å². The monoisotopic (exact) mass is 198 g/mol. The first-order valence-electron chi connectivity index (χ1n) is 4.69. The number of hydrogen-bond acceptors (Lipinski definition) is 3. The van der Waals surface area contributed by atoms with E-state index < -0.39 is 6.04 Å². The molecular weight excluding hydrogens is 188 g/mol. The van der Waals surface area contributed by atoms with Gasteiger partial charge in [0.1, 0.15) is 6.04 Å². The average Bonchev–Trinajstić information content (AvgIpc) is 2.33. The fourth-order valence-corrected chi connectivity index (χ4v) is 1.49. The van der Waals surface area contributed by atoms with Crippen LogP contribution in [0.2, 0.25) is 0 Å². The zero-order chi connectivity index (χ0) is 10.5. The Kier molecular flexibility index (Phi) is 2.83. The lowest BCUT2D eigenvalue weighted by molar-refractivity contribution is 0.856. The molecule has 0 saturated heterocycles. The fourth-order valence-electron chi connectivity index (χ4n) is 1.49. The SMILES string of the molecule is O=NC(c1ccccc1)c1cccnc1. The highest BCUT2D eigenvalue weighted by Crippen LogP contribution is 2.24. The van der Waals surface area contributed by atoms with Crippen LogP contribution in [-0.4, -0.2) is 4.98 Å². The first-order chi connectivity index (χ1) is 7.42. The van der Waals surface area contributed by atoms with Crippen molar-refractivity contribution in [3.63, 3.8) is 0 Å². The van der Waals surface area contributed by atoms with Gasteiger partial charge >= 0.3 is 0 Å². The lowest BCUT2D eigenvalue weighted by Crippen LogP contribution is -1.97. The Balaban J connectivity index is 2.38. The Morgan fingerprint density at radius 2 is 1.73 bits per heavy atom. The first-order valence-corrected chi connectivity index (χ1v) is 4.69. The summed E-state index contributed by atoms with van der Waals surface area (Å²) in [5.74, 6) is 0. The van der Waals surface area contributed by atoms with Crippen LogP contribution < -0.4 is 0 Å². The molecule has 0 spiro atoms. The third-order valence-corrected chi connectivity index (χ3v) is 2.22. The number of aromatic nitrogens is 1. The molecule has 1 aromatic carbocycles. The number of hydrogen-bond donors (Lipinski definition) is 0. The van der Waals surface area contributed by atoms with Crippen LogP contribution in [0.5, 0.6) is 0 Å². The minimum Gasteiger partial charge on any atom is -0.264 e. The van der Waals surface area contributed by atoms with Crippen LogP contribution in [0.25, 0.3) is 0 Å². The third-order valence-electron chi connectivity index (χ3n) is 2.22. The highest BCUT2D eigenvalue weighted by atomic mass is 16.3. The topological polar surface area (TPSA) is 42.3 Å². The van der Waals surface area contributed by atoms with E-state index in [4.69, 9.17) is 0 Å². The summed E-state index contributed by atoms with van der Waals surface area (Å²) in [6, 6.07) is 12.7. The van der Waals surface area contributed by atoms with Crippen LogP contribution in [0.15, 0.2) is 60.0 Å². The normalized spacial score (nSPS) is 12.0. The number of benzene rings is 1. The Bertz CT molecular complexity index is 388. The molecule has 0 bridgehead atoms. The van der Waals surface area contributed by atoms with E-state index in [0.29, 0.717) is 0 Å². The molecule has 0 aliphatic carbocycles. The maximum Gasteiger partial charge on any atom is 0.143 e. The van der Waals surface area contributed by atoms with Crippen LogP contribution in [0.3, 0.4) is 0 Å². The molecule has 74 valence electrons. The van der Waals surface area contributed by atoms with E-state index in [1.165, 1.54) is 0 Å². The molecule has 0 aliphatic heterocycles. The molecule has 0 saturated carbocycles. The van der Waals surface area contributed by atoms with Gasteiger partial charge in [-0.25, -0.2) is 0 Å².